The molecule has 1 aliphatic heterocycles. The van der Waals surface area contributed by atoms with E-state index < -0.39 is 0 Å². The molecule has 1 aliphatic carbocycles. The highest BCUT2D eigenvalue weighted by Crippen LogP contribution is 2.41. The van der Waals surface area contributed by atoms with Gasteiger partial charge in [0.25, 0.3) is 0 Å². The number of thiophene rings is 1. The standard InChI is InChI=1S/C27H29N3O2S/c1-27(2)16-22-25(23(31)17-27)26(28-30(22)18-19-8-4-3-5-9-19)21-11-6-14-29(21)24(32)13-12-20-10-7-15-33-20/h3-5,7-10,12-13,15,21H,6,11,14,16-18H2,1-2H3/b13-12+/t21-/m1/s1. The second-order valence-corrected chi connectivity index (χ2v) is 10.8. The van der Waals surface area contributed by atoms with Crippen LogP contribution in [0.2, 0.25) is 0 Å². The van der Waals surface area contributed by atoms with Gasteiger partial charge in [0.05, 0.1) is 29.5 Å². The van der Waals surface area contributed by atoms with Crippen LogP contribution in [0.15, 0.2) is 53.9 Å². The highest BCUT2D eigenvalue weighted by molar-refractivity contribution is 7.10. The first-order chi connectivity index (χ1) is 15.9. The molecule has 2 aromatic heterocycles. The van der Waals surface area contributed by atoms with Crippen LogP contribution in [0.1, 0.15) is 71.3 Å². The highest BCUT2D eigenvalue weighted by atomic mass is 32.1. The summed E-state index contributed by atoms with van der Waals surface area (Å²) >= 11 is 1.61. The molecule has 0 bridgehead atoms. The van der Waals surface area contributed by atoms with Crippen LogP contribution in [-0.4, -0.2) is 32.9 Å². The Morgan fingerprint density at radius 1 is 1.18 bits per heavy atom. The van der Waals surface area contributed by atoms with Crippen molar-refractivity contribution in [3.05, 3.63) is 81.3 Å². The van der Waals surface area contributed by atoms with Crippen molar-refractivity contribution >= 4 is 29.1 Å². The quantitative estimate of drug-likeness (QED) is 0.472. The number of hydrogen-bond donors (Lipinski definition) is 0. The molecule has 1 aromatic carbocycles. The van der Waals surface area contributed by atoms with Crippen molar-refractivity contribution < 1.29 is 9.59 Å². The van der Waals surface area contributed by atoms with Crippen LogP contribution in [0, 0.1) is 5.41 Å². The van der Waals surface area contributed by atoms with Crippen molar-refractivity contribution in [3.63, 3.8) is 0 Å². The van der Waals surface area contributed by atoms with Crippen molar-refractivity contribution in [1.82, 2.24) is 14.7 Å². The number of benzene rings is 1. The average molecular weight is 460 g/mol. The first kappa shape index (κ1) is 21.8. The van der Waals surface area contributed by atoms with E-state index in [1.165, 1.54) is 0 Å². The Labute approximate surface area is 198 Å². The van der Waals surface area contributed by atoms with Gasteiger partial charge in [0.1, 0.15) is 0 Å². The maximum Gasteiger partial charge on any atom is 0.247 e. The van der Waals surface area contributed by atoms with Crippen molar-refractivity contribution in [2.75, 3.05) is 6.54 Å². The van der Waals surface area contributed by atoms with Gasteiger partial charge in [0.2, 0.25) is 5.91 Å². The molecule has 5 nitrogen and oxygen atoms in total. The van der Waals surface area contributed by atoms with Crippen LogP contribution in [0.4, 0.5) is 0 Å². The zero-order valence-electron chi connectivity index (χ0n) is 19.2. The van der Waals surface area contributed by atoms with E-state index in [1.54, 1.807) is 17.4 Å². The minimum absolute atomic E-state index is 0.0131. The van der Waals surface area contributed by atoms with E-state index in [1.807, 2.05) is 51.4 Å². The Morgan fingerprint density at radius 2 is 2.00 bits per heavy atom. The van der Waals surface area contributed by atoms with Crippen molar-refractivity contribution in [3.8, 4) is 0 Å². The van der Waals surface area contributed by atoms with Crippen molar-refractivity contribution in [2.24, 2.45) is 5.41 Å². The van der Waals surface area contributed by atoms with E-state index in [2.05, 4.69) is 26.0 Å². The third-order valence-electron chi connectivity index (χ3n) is 6.61. The molecule has 3 heterocycles. The molecule has 1 amide bonds. The summed E-state index contributed by atoms with van der Waals surface area (Å²) in [6.07, 6.45) is 6.62. The lowest BCUT2D eigenvalue weighted by atomic mass is 9.75. The Hall–Kier alpha value is -2.99. The number of rotatable bonds is 5. The highest BCUT2D eigenvalue weighted by Gasteiger charge is 2.41. The first-order valence-corrected chi connectivity index (χ1v) is 12.5. The van der Waals surface area contributed by atoms with Gasteiger partial charge in [0.15, 0.2) is 5.78 Å². The molecule has 33 heavy (non-hydrogen) atoms. The van der Waals surface area contributed by atoms with Gasteiger partial charge in [0, 0.05) is 23.9 Å². The van der Waals surface area contributed by atoms with E-state index in [0.717, 1.165) is 46.7 Å². The summed E-state index contributed by atoms with van der Waals surface area (Å²) in [6, 6.07) is 14.1. The number of likely N-dealkylation sites (tertiary alicyclic amines) is 1. The Morgan fingerprint density at radius 3 is 2.76 bits per heavy atom. The van der Waals surface area contributed by atoms with E-state index >= 15 is 0 Å². The first-order valence-electron chi connectivity index (χ1n) is 11.6. The molecule has 5 rings (SSSR count). The molecule has 2 aliphatic rings. The number of Topliss-reactive ketones (excluding diaryl/α,β-unsaturated/α-hetero) is 1. The third kappa shape index (κ3) is 4.44. The number of fused-ring (bicyclic) bond motifs is 1. The number of aromatic nitrogens is 2. The van der Waals surface area contributed by atoms with Gasteiger partial charge in [-0.05, 0) is 47.8 Å². The Balaban J connectivity index is 1.50. The topological polar surface area (TPSA) is 55.2 Å². The van der Waals surface area contributed by atoms with Crippen LogP contribution in [-0.2, 0) is 17.8 Å². The van der Waals surface area contributed by atoms with Crippen molar-refractivity contribution in [1.29, 1.82) is 0 Å². The number of hydrogen-bond acceptors (Lipinski definition) is 4. The fourth-order valence-corrected chi connectivity index (χ4v) is 5.73. The van der Waals surface area contributed by atoms with Gasteiger partial charge in [-0.3, -0.25) is 14.3 Å². The van der Waals surface area contributed by atoms with E-state index in [0.29, 0.717) is 19.5 Å². The number of carbonyl (C=O) groups excluding carboxylic acids is 2. The summed E-state index contributed by atoms with van der Waals surface area (Å²) in [4.78, 5) is 29.4. The summed E-state index contributed by atoms with van der Waals surface area (Å²) < 4.78 is 2.02. The normalized spacial score (nSPS) is 19.9. The SMILES string of the molecule is CC1(C)CC(=O)c2c([C@H]3CCCN3C(=O)/C=C/c3cccs3)nn(Cc3ccccc3)c2C1. The number of ketones is 1. The molecular formula is C27H29N3O2S. The maximum absolute atomic E-state index is 13.3. The molecular weight excluding hydrogens is 430 g/mol. The second-order valence-electron chi connectivity index (χ2n) is 9.83. The summed E-state index contributed by atoms with van der Waals surface area (Å²) in [5.74, 6) is 0.143. The number of nitrogens with zero attached hydrogens (tertiary/aromatic N) is 3. The predicted molar refractivity (Wildman–Crippen MR) is 131 cm³/mol. The molecule has 1 fully saturated rings. The predicted octanol–water partition coefficient (Wildman–Crippen LogP) is 5.52. The van der Waals surface area contributed by atoms with Gasteiger partial charge < -0.3 is 4.90 Å². The largest absolute Gasteiger partial charge is 0.330 e. The van der Waals surface area contributed by atoms with Crippen LogP contribution in [0.5, 0.6) is 0 Å². The minimum atomic E-state index is -0.151. The number of amides is 1. The van der Waals surface area contributed by atoms with Gasteiger partial charge in [-0.15, -0.1) is 11.3 Å². The summed E-state index contributed by atoms with van der Waals surface area (Å²) in [5.41, 5.74) is 3.63. The molecule has 1 saturated heterocycles. The van der Waals surface area contributed by atoms with Gasteiger partial charge in [-0.25, -0.2) is 0 Å². The molecule has 3 aromatic rings. The number of carbonyl (C=O) groups is 2. The van der Waals surface area contributed by atoms with Gasteiger partial charge in [-0.2, -0.15) is 5.10 Å². The smallest absolute Gasteiger partial charge is 0.247 e. The van der Waals surface area contributed by atoms with Gasteiger partial charge >= 0.3 is 0 Å². The average Bonchev–Trinajstić information content (AvgIpc) is 3.52. The molecule has 6 heteroatoms. The summed E-state index contributed by atoms with van der Waals surface area (Å²) in [6.45, 7) is 5.62. The van der Waals surface area contributed by atoms with E-state index in [-0.39, 0.29) is 23.1 Å². The second kappa shape index (κ2) is 8.75. The Kier molecular flexibility index (Phi) is 5.79. The van der Waals surface area contributed by atoms with Crippen LogP contribution in [0.3, 0.4) is 0 Å². The van der Waals surface area contributed by atoms with Gasteiger partial charge in [-0.1, -0.05) is 50.2 Å². The van der Waals surface area contributed by atoms with Crippen molar-refractivity contribution in [2.45, 2.75) is 52.1 Å². The molecule has 0 radical (unpaired) electrons. The Bertz CT molecular complexity index is 1190. The molecule has 0 unspecified atom stereocenters. The summed E-state index contributed by atoms with van der Waals surface area (Å²) in [7, 11) is 0. The maximum atomic E-state index is 13.3. The molecule has 0 saturated carbocycles. The zero-order chi connectivity index (χ0) is 23.0. The molecule has 1 atom stereocenters. The minimum Gasteiger partial charge on any atom is -0.330 e. The zero-order valence-corrected chi connectivity index (χ0v) is 20.0. The molecule has 170 valence electrons. The fraction of sp³-hybridized carbons (Fsp3) is 0.370. The molecule has 0 spiro atoms. The summed E-state index contributed by atoms with van der Waals surface area (Å²) in [5, 5.41) is 7.01. The lowest BCUT2D eigenvalue weighted by Crippen LogP contribution is -2.32. The van der Waals surface area contributed by atoms with Crippen LogP contribution in [0.25, 0.3) is 6.08 Å². The van der Waals surface area contributed by atoms with Crippen LogP contribution >= 0.6 is 11.3 Å². The van der Waals surface area contributed by atoms with Crippen LogP contribution < -0.4 is 0 Å². The third-order valence-corrected chi connectivity index (χ3v) is 7.45. The van der Waals surface area contributed by atoms with E-state index in [9.17, 15) is 9.59 Å². The lowest BCUT2D eigenvalue weighted by Gasteiger charge is -2.30. The monoisotopic (exact) mass is 459 g/mol. The lowest BCUT2D eigenvalue weighted by molar-refractivity contribution is -0.126. The van der Waals surface area contributed by atoms with E-state index in [4.69, 9.17) is 5.10 Å². The molecule has 0 N–H and O–H groups in total. The fourth-order valence-electron chi connectivity index (χ4n) is 5.11.